The number of anilines is 2. The number of halogens is 3. The van der Waals surface area contributed by atoms with Crippen LogP contribution in [0.25, 0.3) is 0 Å². The molecule has 2 aromatic rings. The van der Waals surface area contributed by atoms with Gasteiger partial charge in [0.05, 0.1) is 24.8 Å². The fourth-order valence-electron chi connectivity index (χ4n) is 3.44. The highest BCUT2D eigenvalue weighted by atomic mass is 19.4. The molecule has 6 nitrogen and oxygen atoms in total. The molecule has 2 fully saturated rings. The number of alkyl halides is 3. The second-order valence-electron chi connectivity index (χ2n) is 7.12. The maximum Gasteiger partial charge on any atom is 0.416 e. The molecule has 154 valence electrons. The Bertz CT molecular complexity index is 861. The molecule has 0 spiro atoms. The van der Waals surface area contributed by atoms with Gasteiger partial charge in [-0.2, -0.15) is 13.2 Å². The number of morpholine rings is 1. The first-order valence-electron chi connectivity index (χ1n) is 9.42. The van der Waals surface area contributed by atoms with Crippen molar-refractivity contribution in [2.45, 2.75) is 12.2 Å². The minimum atomic E-state index is -4.40. The van der Waals surface area contributed by atoms with Crippen molar-refractivity contribution < 1.29 is 22.7 Å². The van der Waals surface area contributed by atoms with Crippen molar-refractivity contribution in [1.82, 2.24) is 10.3 Å². The summed E-state index contributed by atoms with van der Waals surface area (Å²) in [5.41, 5.74) is 0.878. The molecule has 0 saturated carbocycles. The van der Waals surface area contributed by atoms with E-state index >= 15 is 0 Å². The van der Waals surface area contributed by atoms with E-state index in [1.54, 1.807) is 17.0 Å². The summed E-state index contributed by atoms with van der Waals surface area (Å²) in [6, 6.07) is 9.25. The van der Waals surface area contributed by atoms with Gasteiger partial charge in [0.25, 0.3) is 5.91 Å². The molecule has 2 saturated heterocycles. The summed E-state index contributed by atoms with van der Waals surface area (Å²) in [5, 5.41) is 2.91. The van der Waals surface area contributed by atoms with Gasteiger partial charge in [0, 0.05) is 43.6 Å². The highest BCUT2D eigenvalue weighted by Gasteiger charge is 2.34. The number of nitrogens with one attached hydrogen (secondary N) is 1. The zero-order chi connectivity index (χ0) is 20.4. The fourth-order valence-corrected chi connectivity index (χ4v) is 3.44. The van der Waals surface area contributed by atoms with E-state index in [9.17, 15) is 18.0 Å². The molecule has 1 N–H and O–H groups in total. The van der Waals surface area contributed by atoms with Gasteiger partial charge >= 0.3 is 6.18 Å². The van der Waals surface area contributed by atoms with Crippen LogP contribution in [0.4, 0.5) is 24.7 Å². The van der Waals surface area contributed by atoms with E-state index in [0.717, 1.165) is 37.1 Å². The van der Waals surface area contributed by atoms with Crippen LogP contribution in [0.3, 0.4) is 0 Å². The molecular formula is C20H21F3N4O2. The predicted octanol–water partition coefficient (Wildman–Crippen LogP) is 2.56. The Morgan fingerprint density at radius 1 is 1.07 bits per heavy atom. The average molecular weight is 406 g/mol. The van der Waals surface area contributed by atoms with Crippen molar-refractivity contribution in [2.75, 3.05) is 49.2 Å². The number of carbonyl (C=O) groups is 1. The molecular weight excluding hydrogens is 385 g/mol. The molecule has 2 aliphatic rings. The molecule has 1 aromatic heterocycles. The van der Waals surface area contributed by atoms with E-state index in [0.29, 0.717) is 31.9 Å². The smallest absolute Gasteiger partial charge is 0.378 e. The van der Waals surface area contributed by atoms with Crippen LogP contribution in [0.15, 0.2) is 42.6 Å². The maximum absolute atomic E-state index is 12.8. The minimum absolute atomic E-state index is 0.127. The molecule has 9 heteroatoms. The molecule has 0 aliphatic carbocycles. The van der Waals surface area contributed by atoms with Crippen molar-refractivity contribution in [2.24, 2.45) is 0 Å². The van der Waals surface area contributed by atoms with Crippen LogP contribution in [0.5, 0.6) is 0 Å². The van der Waals surface area contributed by atoms with Gasteiger partial charge in [-0.15, -0.1) is 0 Å². The van der Waals surface area contributed by atoms with E-state index in [-0.39, 0.29) is 17.8 Å². The Balaban J connectivity index is 1.30. The lowest BCUT2D eigenvalue weighted by Crippen LogP contribution is -2.59. The van der Waals surface area contributed by atoms with Crippen molar-refractivity contribution in [3.63, 3.8) is 0 Å². The van der Waals surface area contributed by atoms with Crippen LogP contribution in [-0.4, -0.2) is 56.3 Å². The summed E-state index contributed by atoms with van der Waals surface area (Å²) in [6.07, 6.45) is -3.25. The number of pyridine rings is 1. The number of rotatable bonds is 4. The van der Waals surface area contributed by atoms with E-state index in [1.165, 1.54) is 0 Å². The molecule has 0 bridgehead atoms. The van der Waals surface area contributed by atoms with Gasteiger partial charge in [-0.25, -0.2) is 4.98 Å². The van der Waals surface area contributed by atoms with E-state index < -0.39 is 11.7 Å². The Kier molecular flexibility index (Phi) is 5.31. The molecule has 2 aliphatic heterocycles. The zero-order valence-corrected chi connectivity index (χ0v) is 15.7. The minimum Gasteiger partial charge on any atom is -0.378 e. The van der Waals surface area contributed by atoms with Gasteiger partial charge in [0.2, 0.25) is 0 Å². The van der Waals surface area contributed by atoms with E-state index in [2.05, 4.69) is 15.2 Å². The fraction of sp³-hybridized carbons (Fsp3) is 0.400. The van der Waals surface area contributed by atoms with Crippen molar-refractivity contribution in [3.05, 3.63) is 53.7 Å². The van der Waals surface area contributed by atoms with Gasteiger partial charge in [-0.1, -0.05) is 0 Å². The topological polar surface area (TPSA) is 57.7 Å². The molecule has 1 amide bonds. The molecule has 1 aromatic carbocycles. The van der Waals surface area contributed by atoms with Crippen molar-refractivity contribution >= 4 is 17.4 Å². The van der Waals surface area contributed by atoms with Gasteiger partial charge < -0.3 is 19.9 Å². The molecule has 4 rings (SSSR count). The highest BCUT2D eigenvalue weighted by Crippen LogP contribution is 2.31. The zero-order valence-electron chi connectivity index (χ0n) is 15.7. The third kappa shape index (κ3) is 4.45. The molecule has 3 heterocycles. The van der Waals surface area contributed by atoms with Crippen LogP contribution in [0.1, 0.15) is 15.9 Å². The summed E-state index contributed by atoms with van der Waals surface area (Å²) in [6.45, 7) is 3.89. The van der Waals surface area contributed by atoms with Gasteiger partial charge in [0.15, 0.2) is 0 Å². The molecule has 0 unspecified atom stereocenters. The van der Waals surface area contributed by atoms with Crippen LogP contribution in [0, 0.1) is 0 Å². The Labute approximate surface area is 166 Å². The van der Waals surface area contributed by atoms with Crippen LogP contribution in [-0.2, 0) is 10.9 Å². The Morgan fingerprint density at radius 2 is 1.76 bits per heavy atom. The standard InChI is InChI=1S/C20H21F3N4O2/c21-20(22,23)15-5-6-24-18(11-15)27-12-16(13-27)25-19(28)14-1-3-17(4-2-14)26-7-9-29-10-8-26/h1-6,11,16H,7-10,12-13H2,(H,25,28). The van der Waals surface area contributed by atoms with Crippen LogP contribution >= 0.6 is 0 Å². The molecule has 29 heavy (non-hydrogen) atoms. The highest BCUT2D eigenvalue weighted by molar-refractivity contribution is 5.95. The summed E-state index contributed by atoms with van der Waals surface area (Å²) in [5.74, 6) is 0.0698. The first-order chi connectivity index (χ1) is 13.9. The normalized spacial score (nSPS) is 17.8. The predicted molar refractivity (Wildman–Crippen MR) is 102 cm³/mol. The third-order valence-electron chi connectivity index (χ3n) is 5.12. The lowest BCUT2D eigenvalue weighted by Gasteiger charge is -2.40. The van der Waals surface area contributed by atoms with Crippen molar-refractivity contribution in [1.29, 1.82) is 0 Å². The summed E-state index contributed by atoms with van der Waals surface area (Å²) in [4.78, 5) is 20.4. The lowest BCUT2D eigenvalue weighted by atomic mass is 10.1. The maximum atomic E-state index is 12.8. The number of nitrogens with zero attached hydrogens (tertiary/aromatic N) is 3. The number of ether oxygens (including phenoxy) is 1. The first-order valence-corrected chi connectivity index (χ1v) is 9.42. The second-order valence-corrected chi connectivity index (χ2v) is 7.12. The molecule has 0 atom stereocenters. The Morgan fingerprint density at radius 3 is 2.41 bits per heavy atom. The Hall–Kier alpha value is -2.81. The van der Waals surface area contributed by atoms with Gasteiger partial charge in [-0.05, 0) is 36.4 Å². The average Bonchev–Trinajstić information content (AvgIpc) is 2.70. The van der Waals surface area contributed by atoms with E-state index in [4.69, 9.17) is 4.74 Å². The van der Waals surface area contributed by atoms with Crippen molar-refractivity contribution in [3.8, 4) is 0 Å². The number of hydrogen-bond donors (Lipinski definition) is 1. The number of benzene rings is 1. The van der Waals surface area contributed by atoms with Gasteiger partial charge in [0.1, 0.15) is 5.82 Å². The summed E-state index contributed by atoms with van der Waals surface area (Å²) < 4.78 is 43.8. The summed E-state index contributed by atoms with van der Waals surface area (Å²) >= 11 is 0. The quantitative estimate of drug-likeness (QED) is 0.846. The lowest BCUT2D eigenvalue weighted by molar-refractivity contribution is -0.137. The number of aromatic nitrogens is 1. The van der Waals surface area contributed by atoms with Crippen LogP contribution in [0.2, 0.25) is 0 Å². The van der Waals surface area contributed by atoms with Crippen LogP contribution < -0.4 is 15.1 Å². The third-order valence-corrected chi connectivity index (χ3v) is 5.12. The second kappa shape index (κ2) is 7.90. The SMILES string of the molecule is O=C(NC1CN(c2cc(C(F)(F)F)ccn2)C1)c1ccc(N2CCOCC2)cc1. The largest absolute Gasteiger partial charge is 0.416 e. The first kappa shape index (κ1) is 19.5. The van der Waals surface area contributed by atoms with Gasteiger partial charge in [-0.3, -0.25) is 4.79 Å². The summed E-state index contributed by atoms with van der Waals surface area (Å²) in [7, 11) is 0. The molecule has 0 radical (unpaired) electrons. The van der Waals surface area contributed by atoms with E-state index in [1.807, 2.05) is 12.1 Å². The number of carbonyl (C=O) groups excluding carboxylic acids is 1. The number of amides is 1. The number of hydrogen-bond acceptors (Lipinski definition) is 5. The monoisotopic (exact) mass is 406 g/mol.